The molecule has 166 valence electrons. The minimum Gasteiger partial charge on any atom is -0.378 e. The molecule has 1 aromatic rings. The van der Waals surface area contributed by atoms with Crippen LogP contribution in [0.5, 0.6) is 0 Å². The maximum Gasteiger partial charge on any atom is 0.212 e. The van der Waals surface area contributed by atoms with Gasteiger partial charge in [0, 0.05) is 32.2 Å². The molecule has 29 heavy (non-hydrogen) atoms. The number of hydrogen-bond acceptors (Lipinski definition) is 5. The van der Waals surface area contributed by atoms with Gasteiger partial charge in [-0.25, -0.2) is 13.6 Å². The number of nitrogens with two attached hydrogens (primary N) is 1. The molecule has 2 heterocycles. The minimum absolute atomic E-state index is 0.0253. The molecule has 6 nitrogen and oxygen atoms in total. The van der Waals surface area contributed by atoms with Crippen molar-refractivity contribution in [3.8, 4) is 0 Å². The van der Waals surface area contributed by atoms with E-state index in [2.05, 4.69) is 39.4 Å². The molecule has 0 radical (unpaired) electrons. The van der Waals surface area contributed by atoms with Gasteiger partial charge >= 0.3 is 0 Å². The fourth-order valence-corrected chi connectivity index (χ4v) is 4.75. The third-order valence-electron chi connectivity index (χ3n) is 5.18. The van der Waals surface area contributed by atoms with E-state index in [-0.39, 0.29) is 5.92 Å². The van der Waals surface area contributed by atoms with Crippen molar-refractivity contribution in [2.24, 2.45) is 11.1 Å². The Morgan fingerprint density at radius 2 is 2.03 bits per heavy atom. The Morgan fingerprint density at radius 3 is 2.62 bits per heavy atom. The monoisotopic (exact) mass is 537 g/mol. The number of rotatable bonds is 6. The Hall–Kier alpha value is -0.520. The first-order valence-corrected chi connectivity index (χ1v) is 13.7. The molecular weight excluding hydrogens is 501 g/mol. The van der Waals surface area contributed by atoms with Crippen LogP contribution in [-0.2, 0) is 21.2 Å². The summed E-state index contributed by atoms with van der Waals surface area (Å²) in [6.07, 6.45) is 2.83. The number of allylic oxidation sites excluding steroid dienone is 1. The molecule has 3 N–H and O–H groups in total. The van der Waals surface area contributed by atoms with Crippen molar-refractivity contribution in [3.05, 3.63) is 48.6 Å². The van der Waals surface area contributed by atoms with Crippen LogP contribution in [0.25, 0.3) is 0 Å². The van der Waals surface area contributed by atoms with E-state index in [0.29, 0.717) is 18.9 Å². The van der Waals surface area contributed by atoms with E-state index >= 15 is 0 Å². The number of piperazine rings is 1. The van der Waals surface area contributed by atoms with Gasteiger partial charge in [0.25, 0.3) is 0 Å². The smallest absolute Gasteiger partial charge is 0.212 e. The van der Waals surface area contributed by atoms with Crippen LogP contribution >= 0.6 is 22.6 Å². The highest BCUT2D eigenvalue weighted by molar-refractivity contribution is 14.1. The number of benzene rings is 1. The maximum atomic E-state index is 11.6. The highest BCUT2D eigenvalue weighted by Crippen LogP contribution is 2.19. The molecule has 0 amide bonds. The number of sulfonamides is 1. The van der Waals surface area contributed by atoms with Crippen molar-refractivity contribution in [2.45, 2.75) is 31.1 Å². The summed E-state index contributed by atoms with van der Waals surface area (Å²) in [5, 5.41) is 8.11. The summed E-state index contributed by atoms with van der Waals surface area (Å²) in [6.45, 7) is 12.0. The number of nitrogens with zero attached hydrogens (tertiary/aromatic N) is 1. The lowest BCUT2D eigenvalue weighted by Gasteiger charge is -2.39. The largest absolute Gasteiger partial charge is 0.378 e. The molecule has 1 unspecified atom stereocenters. The van der Waals surface area contributed by atoms with Crippen LogP contribution < -0.4 is 10.5 Å². The number of primary sulfonamides is 1. The molecule has 0 aromatic heterocycles. The van der Waals surface area contributed by atoms with Gasteiger partial charge in [-0.2, -0.15) is 0 Å². The average molecular weight is 538 g/mol. The van der Waals surface area contributed by atoms with E-state index in [0.717, 1.165) is 38.4 Å². The number of fused-ring (bicyclic) bond motifs is 1. The molecule has 0 spiro atoms. The van der Waals surface area contributed by atoms with Gasteiger partial charge in [0.1, 0.15) is 0 Å². The van der Waals surface area contributed by atoms with Crippen molar-refractivity contribution < 1.29 is 13.2 Å². The Morgan fingerprint density at radius 1 is 1.34 bits per heavy atom. The lowest BCUT2D eigenvalue weighted by molar-refractivity contribution is -0.0168. The van der Waals surface area contributed by atoms with Crippen LogP contribution in [0.3, 0.4) is 0 Å². The van der Waals surface area contributed by atoms with Crippen LogP contribution in [0.1, 0.15) is 18.9 Å². The molecule has 2 aliphatic rings. The normalized spacial score (nSPS) is 21.3. The summed E-state index contributed by atoms with van der Waals surface area (Å²) in [4.78, 5) is 4.48. The molecule has 1 aromatic carbocycles. The number of hydrogen-bond donors (Lipinski definition) is 2. The zero-order valence-electron chi connectivity index (χ0n) is 17.6. The van der Waals surface area contributed by atoms with Crippen LogP contribution in [-0.4, -0.2) is 68.9 Å². The average Bonchev–Trinajstić information content (AvgIpc) is 2.74. The second-order valence-corrected chi connectivity index (χ2v) is 9.07. The summed E-state index contributed by atoms with van der Waals surface area (Å²) in [7, 11) is -3.53. The summed E-state index contributed by atoms with van der Waals surface area (Å²) in [6, 6.07) is 10.2. The molecule has 0 aliphatic carbocycles. The van der Waals surface area contributed by atoms with E-state index in [1.54, 1.807) is 6.08 Å². The third kappa shape index (κ3) is 9.89. The molecular formula is C21H36IN3O3S. The van der Waals surface area contributed by atoms with E-state index in [1.807, 2.05) is 42.2 Å². The van der Waals surface area contributed by atoms with E-state index in [4.69, 9.17) is 9.88 Å². The van der Waals surface area contributed by atoms with E-state index in [1.165, 1.54) is 6.54 Å². The van der Waals surface area contributed by atoms with Gasteiger partial charge < -0.3 is 10.1 Å². The van der Waals surface area contributed by atoms with Gasteiger partial charge in [-0.3, -0.25) is 4.90 Å². The number of alkyl halides is 1. The topological polar surface area (TPSA) is 84.7 Å². The first-order chi connectivity index (χ1) is 13.9. The zero-order valence-corrected chi connectivity index (χ0v) is 20.6. The van der Waals surface area contributed by atoms with Gasteiger partial charge in [0.2, 0.25) is 10.0 Å². The summed E-state index contributed by atoms with van der Waals surface area (Å²) in [5.74, 6) is -0.0253. The van der Waals surface area contributed by atoms with Gasteiger partial charge in [-0.15, -0.1) is 6.58 Å². The summed E-state index contributed by atoms with van der Waals surface area (Å²) < 4.78 is 28.5. The SMILES string of the molecule is C1CN2CCOC[C@@H]2CN1.C=CC[C@H](C)C(Cc1ccccc1)S(N)(=O)=O.CI. The highest BCUT2D eigenvalue weighted by atomic mass is 127. The molecule has 0 bridgehead atoms. The molecule has 3 atom stereocenters. The van der Waals surface area contributed by atoms with Gasteiger partial charge in [0.05, 0.1) is 18.5 Å². The zero-order chi connectivity index (χ0) is 21.7. The van der Waals surface area contributed by atoms with Gasteiger partial charge in [-0.05, 0) is 29.3 Å². The minimum atomic E-state index is -3.53. The number of halogens is 1. The lowest BCUT2D eigenvalue weighted by atomic mass is 9.98. The fourth-order valence-electron chi connectivity index (χ4n) is 3.57. The molecule has 2 saturated heterocycles. The predicted molar refractivity (Wildman–Crippen MR) is 130 cm³/mol. The molecule has 2 fully saturated rings. The summed E-state index contributed by atoms with van der Waals surface area (Å²) in [5.41, 5.74) is 0.988. The highest BCUT2D eigenvalue weighted by Gasteiger charge is 2.27. The number of morpholine rings is 1. The van der Waals surface area contributed by atoms with Crippen molar-refractivity contribution in [1.29, 1.82) is 0 Å². The maximum absolute atomic E-state index is 11.6. The third-order valence-corrected chi connectivity index (χ3v) is 6.66. The molecule has 2 aliphatic heterocycles. The van der Waals surface area contributed by atoms with Crippen molar-refractivity contribution in [3.63, 3.8) is 0 Å². The molecule has 3 rings (SSSR count). The predicted octanol–water partition coefficient (Wildman–Crippen LogP) is 2.44. The van der Waals surface area contributed by atoms with Gasteiger partial charge in [-0.1, -0.05) is 65.9 Å². The van der Waals surface area contributed by atoms with Crippen LogP contribution in [0.4, 0.5) is 0 Å². The second kappa shape index (κ2) is 14.5. The Bertz CT molecular complexity index is 647. The Balaban J connectivity index is 0.000000295. The summed E-state index contributed by atoms with van der Waals surface area (Å²) >= 11 is 2.15. The Labute approximate surface area is 190 Å². The number of nitrogens with one attached hydrogen (secondary N) is 1. The van der Waals surface area contributed by atoms with Gasteiger partial charge in [0.15, 0.2) is 0 Å². The number of ether oxygens (including phenoxy) is 1. The lowest BCUT2D eigenvalue weighted by Crippen LogP contribution is -2.56. The van der Waals surface area contributed by atoms with Crippen LogP contribution in [0, 0.1) is 5.92 Å². The standard InChI is InChI=1S/C13H19NO2S.C7H14N2O.CH3I/c1-3-7-11(2)13(17(14,15)16)10-12-8-5-4-6-9-12;1-2-9-3-4-10-6-7(9)5-8-1;1-2/h3-6,8-9,11,13H,1,7,10H2,2H3,(H2,14,15,16);7-8H,1-6H2;1H3/t11-,13?;7-;/m00./s1. The first-order valence-electron chi connectivity index (χ1n) is 9.98. The van der Waals surface area contributed by atoms with Crippen LogP contribution in [0.15, 0.2) is 43.0 Å². The Kier molecular flexibility index (Phi) is 13.2. The van der Waals surface area contributed by atoms with E-state index < -0.39 is 15.3 Å². The second-order valence-electron chi connectivity index (χ2n) is 7.29. The molecule has 0 saturated carbocycles. The molecule has 8 heteroatoms. The first kappa shape index (κ1) is 26.5. The van der Waals surface area contributed by atoms with Crippen molar-refractivity contribution in [2.75, 3.05) is 44.3 Å². The van der Waals surface area contributed by atoms with Crippen molar-refractivity contribution in [1.82, 2.24) is 10.2 Å². The van der Waals surface area contributed by atoms with Crippen molar-refractivity contribution >= 4 is 32.6 Å². The fraction of sp³-hybridized carbons (Fsp3) is 0.619. The van der Waals surface area contributed by atoms with E-state index in [9.17, 15) is 8.42 Å². The quantitative estimate of drug-likeness (QED) is 0.331. The van der Waals surface area contributed by atoms with Crippen LogP contribution in [0.2, 0.25) is 0 Å².